The number of aromatic nitrogens is 2. The molecule has 0 unspecified atom stereocenters. The molecule has 3 nitrogen and oxygen atoms in total. The number of aliphatic hydroxyl groups is 1. The molecule has 0 amide bonds. The molecule has 0 aliphatic rings. The Bertz CT molecular complexity index is 619. The maximum atomic E-state index is 12.4. The Morgan fingerprint density at radius 3 is 2.84 bits per heavy atom. The van der Waals surface area contributed by atoms with E-state index in [0.717, 1.165) is 16.5 Å². The van der Waals surface area contributed by atoms with Crippen molar-refractivity contribution < 1.29 is 18.3 Å². The smallest absolute Gasteiger partial charge is 0.384 e. The third kappa shape index (κ3) is 3.59. The predicted molar refractivity (Wildman–Crippen MR) is 64.6 cm³/mol. The van der Waals surface area contributed by atoms with Crippen LogP contribution in [0.5, 0.6) is 0 Å². The topological polar surface area (TPSA) is 38.0 Å². The molecule has 0 bridgehead atoms. The fourth-order valence-electron chi connectivity index (χ4n) is 1.43. The average molecular weight is 286 g/mol. The summed E-state index contributed by atoms with van der Waals surface area (Å²) in [6.07, 6.45) is -3.12. The van der Waals surface area contributed by atoms with Crippen LogP contribution in [0.4, 0.5) is 13.2 Å². The number of alkyl halides is 3. The van der Waals surface area contributed by atoms with Crippen molar-refractivity contribution in [2.75, 3.05) is 6.61 Å². The second kappa shape index (κ2) is 5.47. The highest BCUT2D eigenvalue weighted by Crippen LogP contribution is 2.27. The fourth-order valence-corrected chi connectivity index (χ4v) is 2.24. The summed E-state index contributed by atoms with van der Waals surface area (Å²) in [5.41, 5.74) is -0.165. The van der Waals surface area contributed by atoms with Gasteiger partial charge in [0.15, 0.2) is 5.69 Å². The summed E-state index contributed by atoms with van der Waals surface area (Å²) >= 11 is 1.39. The van der Waals surface area contributed by atoms with Crippen molar-refractivity contribution in [1.29, 1.82) is 0 Å². The van der Waals surface area contributed by atoms with E-state index in [9.17, 15) is 13.2 Å². The molecular formula is C12H9F3N2OS. The van der Waals surface area contributed by atoms with Gasteiger partial charge in [0.1, 0.15) is 6.61 Å². The van der Waals surface area contributed by atoms with E-state index in [-0.39, 0.29) is 13.2 Å². The van der Waals surface area contributed by atoms with Gasteiger partial charge in [-0.2, -0.15) is 18.3 Å². The van der Waals surface area contributed by atoms with E-state index in [2.05, 4.69) is 16.9 Å². The summed E-state index contributed by atoms with van der Waals surface area (Å²) in [5.74, 6) is 5.24. The summed E-state index contributed by atoms with van der Waals surface area (Å²) in [6.45, 7) is 0.0425. The number of hydrogen-bond donors (Lipinski definition) is 1. The molecule has 19 heavy (non-hydrogen) atoms. The van der Waals surface area contributed by atoms with Crippen LogP contribution in [0, 0.1) is 11.8 Å². The van der Waals surface area contributed by atoms with Gasteiger partial charge in [0.05, 0.1) is 6.54 Å². The highest BCUT2D eigenvalue weighted by atomic mass is 32.1. The van der Waals surface area contributed by atoms with Gasteiger partial charge in [-0.1, -0.05) is 11.8 Å². The van der Waals surface area contributed by atoms with Crippen LogP contribution in [0.3, 0.4) is 0 Å². The van der Waals surface area contributed by atoms with Crippen molar-refractivity contribution >= 4 is 11.3 Å². The highest BCUT2D eigenvalue weighted by Gasteiger charge is 2.33. The first-order valence-corrected chi connectivity index (χ1v) is 6.15. The van der Waals surface area contributed by atoms with Crippen LogP contribution in [-0.4, -0.2) is 21.5 Å². The lowest BCUT2D eigenvalue weighted by Gasteiger charge is -2.01. The lowest BCUT2D eigenvalue weighted by Crippen LogP contribution is -2.08. The van der Waals surface area contributed by atoms with Gasteiger partial charge in [0, 0.05) is 22.0 Å². The standard InChI is InChI=1S/C12H9F3N2OS/c13-12(14,15)11-3-4-17(16-11)7-10-6-9(8-19-10)2-1-5-18/h3-4,6,8,18H,5,7H2. The zero-order valence-electron chi connectivity index (χ0n) is 9.61. The molecule has 0 aliphatic heterocycles. The average Bonchev–Trinajstić information content (AvgIpc) is 2.95. The summed E-state index contributed by atoms with van der Waals surface area (Å²) in [4.78, 5) is 0.846. The van der Waals surface area contributed by atoms with E-state index in [0.29, 0.717) is 0 Å². The lowest BCUT2D eigenvalue weighted by molar-refractivity contribution is -0.141. The molecule has 2 heterocycles. The maximum absolute atomic E-state index is 12.4. The predicted octanol–water partition coefficient (Wildman–Crippen LogP) is 2.36. The molecule has 0 saturated heterocycles. The van der Waals surface area contributed by atoms with Gasteiger partial charge in [0.2, 0.25) is 0 Å². The quantitative estimate of drug-likeness (QED) is 0.861. The molecule has 0 fully saturated rings. The van der Waals surface area contributed by atoms with Gasteiger partial charge in [-0.05, 0) is 12.1 Å². The highest BCUT2D eigenvalue weighted by molar-refractivity contribution is 7.10. The molecule has 0 aliphatic carbocycles. The number of thiophene rings is 1. The summed E-state index contributed by atoms with van der Waals surface area (Å²) in [5, 5.41) is 13.8. The minimum atomic E-state index is -4.42. The molecule has 2 aromatic rings. The van der Waals surface area contributed by atoms with Crippen molar-refractivity contribution in [1.82, 2.24) is 9.78 Å². The minimum absolute atomic E-state index is 0.223. The van der Waals surface area contributed by atoms with Crippen molar-refractivity contribution in [3.63, 3.8) is 0 Å². The van der Waals surface area contributed by atoms with Crippen LogP contribution in [-0.2, 0) is 12.7 Å². The normalized spacial score (nSPS) is 11.2. The molecule has 0 aromatic carbocycles. The monoisotopic (exact) mass is 286 g/mol. The molecule has 0 atom stereocenters. The van der Waals surface area contributed by atoms with E-state index in [1.165, 1.54) is 22.2 Å². The Balaban J connectivity index is 2.09. The van der Waals surface area contributed by atoms with Crippen molar-refractivity contribution in [3.05, 3.63) is 39.8 Å². The second-order valence-corrected chi connectivity index (χ2v) is 4.65. The molecule has 100 valence electrons. The molecule has 1 N–H and O–H groups in total. The van der Waals surface area contributed by atoms with Gasteiger partial charge >= 0.3 is 6.18 Å². The third-order valence-electron chi connectivity index (χ3n) is 2.21. The molecule has 7 heteroatoms. The fraction of sp³-hybridized carbons (Fsp3) is 0.250. The Labute approximate surface area is 111 Å². The number of nitrogens with zero attached hydrogens (tertiary/aromatic N) is 2. The van der Waals surface area contributed by atoms with E-state index < -0.39 is 11.9 Å². The van der Waals surface area contributed by atoms with Crippen LogP contribution < -0.4 is 0 Å². The number of hydrogen-bond acceptors (Lipinski definition) is 3. The second-order valence-electron chi connectivity index (χ2n) is 3.66. The first kappa shape index (κ1) is 13.6. The summed E-state index contributed by atoms with van der Waals surface area (Å²) < 4.78 is 38.3. The molecule has 2 rings (SSSR count). The Hall–Kier alpha value is -1.78. The van der Waals surface area contributed by atoms with E-state index >= 15 is 0 Å². The van der Waals surface area contributed by atoms with E-state index in [1.807, 2.05) is 0 Å². The first-order chi connectivity index (χ1) is 8.99. The number of aliphatic hydroxyl groups excluding tert-OH is 1. The van der Waals surface area contributed by atoms with Gasteiger partial charge in [0.25, 0.3) is 0 Å². The Kier molecular flexibility index (Phi) is 3.93. The first-order valence-electron chi connectivity index (χ1n) is 5.27. The molecule has 0 spiro atoms. The number of rotatable bonds is 2. The van der Waals surface area contributed by atoms with Crippen LogP contribution in [0.1, 0.15) is 16.1 Å². The van der Waals surface area contributed by atoms with Crippen molar-refractivity contribution in [2.24, 2.45) is 0 Å². The lowest BCUT2D eigenvalue weighted by atomic mass is 10.3. The van der Waals surface area contributed by atoms with E-state index in [1.54, 1.807) is 11.4 Å². The van der Waals surface area contributed by atoms with Crippen LogP contribution in [0.2, 0.25) is 0 Å². The van der Waals surface area contributed by atoms with Gasteiger partial charge < -0.3 is 5.11 Å². The zero-order valence-corrected chi connectivity index (χ0v) is 10.4. The molecule has 0 radical (unpaired) electrons. The molecule has 0 saturated carbocycles. The summed E-state index contributed by atoms with van der Waals surface area (Å²) in [6, 6.07) is 2.71. The maximum Gasteiger partial charge on any atom is 0.435 e. The Morgan fingerprint density at radius 2 is 2.21 bits per heavy atom. The molecular weight excluding hydrogens is 277 g/mol. The van der Waals surface area contributed by atoms with Crippen LogP contribution >= 0.6 is 11.3 Å². The van der Waals surface area contributed by atoms with Crippen LogP contribution in [0.25, 0.3) is 0 Å². The van der Waals surface area contributed by atoms with Crippen molar-refractivity contribution in [2.45, 2.75) is 12.7 Å². The van der Waals surface area contributed by atoms with Crippen molar-refractivity contribution in [3.8, 4) is 11.8 Å². The summed E-state index contributed by atoms with van der Waals surface area (Å²) in [7, 11) is 0. The molecule has 2 aromatic heterocycles. The Morgan fingerprint density at radius 1 is 1.42 bits per heavy atom. The van der Waals surface area contributed by atoms with Gasteiger partial charge in [-0.15, -0.1) is 11.3 Å². The largest absolute Gasteiger partial charge is 0.435 e. The SMILES string of the molecule is OCC#Cc1csc(Cn2ccc(C(F)(F)F)n2)c1. The third-order valence-corrected chi connectivity index (χ3v) is 3.14. The van der Waals surface area contributed by atoms with Gasteiger partial charge in [-0.25, -0.2) is 0 Å². The number of halogens is 3. The minimum Gasteiger partial charge on any atom is -0.384 e. The zero-order chi connectivity index (χ0) is 13.9. The van der Waals surface area contributed by atoms with Gasteiger partial charge in [-0.3, -0.25) is 4.68 Å². The van der Waals surface area contributed by atoms with Crippen LogP contribution in [0.15, 0.2) is 23.7 Å². The van der Waals surface area contributed by atoms with E-state index in [4.69, 9.17) is 5.11 Å².